The number of aliphatic carboxylic acids is 1. The number of halogens is 1. The number of rotatable bonds is 5. The van der Waals surface area contributed by atoms with Gasteiger partial charge in [-0.15, -0.1) is 0 Å². The average molecular weight is 330 g/mol. The molecule has 1 N–H and O–H groups in total. The second-order valence-electron chi connectivity index (χ2n) is 4.63. The molecule has 1 heterocycles. The van der Waals surface area contributed by atoms with Gasteiger partial charge in [-0.25, -0.2) is 0 Å². The second kappa shape index (κ2) is 7.56. The number of amides is 1. The fraction of sp³-hybridized carbons (Fsp3) is 0.429. The van der Waals surface area contributed by atoms with E-state index in [0.717, 1.165) is 5.75 Å². The lowest BCUT2D eigenvalue weighted by atomic mass is 10.2. The van der Waals surface area contributed by atoms with Crippen LogP contribution in [0.25, 0.3) is 0 Å². The van der Waals surface area contributed by atoms with Gasteiger partial charge in [0, 0.05) is 18.1 Å². The van der Waals surface area contributed by atoms with Crippen molar-refractivity contribution in [2.45, 2.75) is 12.5 Å². The van der Waals surface area contributed by atoms with Gasteiger partial charge >= 0.3 is 5.97 Å². The Morgan fingerprint density at radius 2 is 2.19 bits per heavy atom. The first-order valence-corrected chi connectivity index (χ1v) is 8.07. The highest BCUT2D eigenvalue weighted by Crippen LogP contribution is 2.24. The Morgan fingerprint density at radius 3 is 2.90 bits per heavy atom. The van der Waals surface area contributed by atoms with Gasteiger partial charge in [0.2, 0.25) is 0 Å². The van der Waals surface area contributed by atoms with E-state index in [1.54, 1.807) is 40.9 Å². The van der Waals surface area contributed by atoms with Gasteiger partial charge in [-0.05, 0) is 12.1 Å². The first-order valence-electron chi connectivity index (χ1n) is 6.54. The molecule has 0 aromatic heterocycles. The molecular formula is C14H16ClNO4S. The Morgan fingerprint density at radius 1 is 1.43 bits per heavy atom. The minimum Gasteiger partial charge on any atom is -0.482 e. The highest BCUT2D eigenvalue weighted by atomic mass is 35.5. The van der Waals surface area contributed by atoms with E-state index < -0.39 is 5.97 Å². The van der Waals surface area contributed by atoms with Crippen LogP contribution >= 0.6 is 23.4 Å². The molecule has 1 saturated heterocycles. The highest BCUT2D eigenvalue weighted by Gasteiger charge is 2.29. The number of benzene rings is 1. The number of carboxylic acids is 1. The van der Waals surface area contributed by atoms with Gasteiger partial charge in [-0.2, -0.15) is 11.8 Å². The molecule has 0 saturated carbocycles. The third kappa shape index (κ3) is 4.54. The summed E-state index contributed by atoms with van der Waals surface area (Å²) in [5, 5.41) is 9.36. The molecule has 2 rings (SSSR count). The van der Waals surface area contributed by atoms with E-state index in [1.807, 2.05) is 0 Å². The lowest BCUT2D eigenvalue weighted by Crippen LogP contribution is -2.48. The second-order valence-corrected chi connectivity index (χ2v) is 6.19. The van der Waals surface area contributed by atoms with Crippen molar-refractivity contribution in [3.63, 3.8) is 0 Å². The van der Waals surface area contributed by atoms with Crippen LogP contribution in [0.5, 0.6) is 5.75 Å². The molecule has 1 aliphatic rings. The molecule has 1 amide bonds. The smallest absolute Gasteiger partial charge is 0.305 e. The summed E-state index contributed by atoms with van der Waals surface area (Å²) in [5.74, 6) is 0.806. The first-order chi connectivity index (χ1) is 10.1. The zero-order valence-electron chi connectivity index (χ0n) is 11.3. The average Bonchev–Trinajstić information content (AvgIpc) is 2.46. The van der Waals surface area contributed by atoms with Crippen LogP contribution in [0.3, 0.4) is 0 Å². The molecule has 7 heteroatoms. The molecule has 1 unspecified atom stereocenters. The van der Waals surface area contributed by atoms with Gasteiger partial charge in [0.05, 0.1) is 17.5 Å². The van der Waals surface area contributed by atoms with Crippen LogP contribution < -0.4 is 4.74 Å². The van der Waals surface area contributed by atoms with Crippen molar-refractivity contribution in [1.29, 1.82) is 0 Å². The Bertz CT molecular complexity index is 525. The number of carbonyl (C=O) groups excluding carboxylic acids is 1. The van der Waals surface area contributed by atoms with E-state index in [-0.39, 0.29) is 25.0 Å². The van der Waals surface area contributed by atoms with Crippen LogP contribution in [-0.2, 0) is 9.59 Å². The SMILES string of the molecule is O=C(O)CC1CSCCN1C(=O)COc1ccccc1Cl. The predicted octanol–water partition coefficient (Wildman–Crippen LogP) is 2.14. The first kappa shape index (κ1) is 16.0. The molecule has 1 fully saturated rings. The molecule has 21 heavy (non-hydrogen) atoms. The molecule has 5 nitrogen and oxygen atoms in total. The lowest BCUT2D eigenvalue weighted by molar-refractivity contribution is -0.141. The fourth-order valence-electron chi connectivity index (χ4n) is 2.14. The summed E-state index contributed by atoms with van der Waals surface area (Å²) in [5.41, 5.74) is 0. The summed E-state index contributed by atoms with van der Waals surface area (Å²) in [6, 6.07) is 6.66. The molecule has 0 spiro atoms. The maximum atomic E-state index is 12.2. The number of carboxylic acid groups (broad SMARTS) is 1. The molecule has 0 radical (unpaired) electrons. The molecule has 0 aliphatic carbocycles. The van der Waals surface area contributed by atoms with Crippen molar-refractivity contribution in [2.24, 2.45) is 0 Å². The van der Waals surface area contributed by atoms with Crippen LogP contribution in [0.15, 0.2) is 24.3 Å². The molecular weight excluding hydrogens is 314 g/mol. The molecule has 1 aromatic rings. The van der Waals surface area contributed by atoms with E-state index in [9.17, 15) is 9.59 Å². The Kier molecular flexibility index (Phi) is 5.76. The molecule has 1 atom stereocenters. The number of para-hydroxylation sites is 1. The zero-order chi connectivity index (χ0) is 15.2. The van der Waals surface area contributed by atoms with Gasteiger partial charge in [0.15, 0.2) is 6.61 Å². The number of hydrogen-bond acceptors (Lipinski definition) is 4. The van der Waals surface area contributed by atoms with Crippen LogP contribution in [0.1, 0.15) is 6.42 Å². The van der Waals surface area contributed by atoms with Crippen molar-refractivity contribution >= 4 is 35.2 Å². The summed E-state index contributed by atoms with van der Waals surface area (Å²) in [4.78, 5) is 24.7. The largest absolute Gasteiger partial charge is 0.482 e. The summed E-state index contributed by atoms with van der Waals surface area (Å²) in [7, 11) is 0. The monoisotopic (exact) mass is 329 g/mol. The zero-order valence-corrected chi connectivity index (χ0v) is 12.9. The van der Waals surface area contributed by atoms with Gasteiger partial charge in [-0.1, -0.05) is 23.7 Å². The minimum absolute atomic E-state index is 0.0369. The fourth-order valence-corrected chi connectivity index (χ4v) is 3.39. The maximum Gasteiger partial charge on any atom is 0.305 e. The van der Waals surface area contributed by atoms with Crippen molar-refractivity contribution in [2.75, 3.05) is 24.7 Å². The number of ether oxygens (including phenoxy) is 1. The van der Waals surface area contributed by atoms with Gasteiger partial charge < -0.3 is 14.7 Å². The summed E-state index contributed by atoms with van der Waals surface area (Å²) < 4.78 is 5.43. The minimum atomic E-state index is -0.896. The third-order valence-electron chi connectivity index (χ3n) is 3.15. The molecule has 0 bridgehead atoms. The molecule has 114 valence electrons. The topological polar surface area (TPSA) is 66.8 Å². The highest BCUT2D eigenvalue weighted by molar-refractivity contribution is 7.99. The van der Waals surface area contributed by atoms with Crippen LogP contribution in [-0.4, -0.2) is 52.6 Å². The van der Waals surface area contributed by atoms with Crippen molar-refractivity contribution in [3.05, 3.63) is 29.3 Å². The number of nitrogens with zero attached hydrogens (tertiary/aromatic N) is 1. The molecule has 1 aromatic carbocycles. The third-order valence-corrected chi connectivity index (χ3v) is 4.55. The van der Waals surface area contributed by atoms with Crippen molar-refractivity contribution < 1.29 is 19.4 Å². The number of carbonyl (C=O) groups is 2. The van der Waals surface area contributed by atoms with E-state index in [1.165, 1.54) is 0 Å². The van der Waals surface area contributed by atoms with Crippen LogP contribution in [0.4, 0.5) is 0 Å². The van der Waals surface area contributed by atoms with E-state index in [4.69, 9.17) is 21.4 Å². The Hall–Kier alpha value is -1.40. The standard InChI is InChI=1S/C14H16ClNO4S/c15-11-3-1-2-4-12(11)20-8-13(17)16-5-6-21-9-10(16)7-14(18)19/h1-4,10H,5-9H2,(H,18,19). The van der Waals surface area contributed by atoms with E-state index in [0.29, 0.717) is 23.1 Å². The Labute approximate surface area is 132 Å². The van der Waals surface area contributed by atoms with Gasteiger partial charge in [0.25, 0.3) is 5.91 Å². The maximum absolute atomic E-state index is 12.2. The summed E-state index contributed by atoms with van der Waals surface area (Å²) in [6.45, 7) is 0.415. The van der Waals surface area contributed by atoms with Crippen molar-refractivity contribution in [1.82, 2.24) is 4.90 Å². The predicted molar refractivity (Wildman–Crippen MR) is 82.0 cm³/mol. The van der Waals surface area contributed by atoms with Crippen LogP contribution in [0.2, 0.25) is 5.02 Å². The number of hydrogen-bond donors (Lipinski definition) is 1. The van der Waals surface area contributed by atoms with E-state index >= 15 is 0 Å². The van der Waals surface area contributed by atoms with Crippen LogP contribution in [0, 0.1) is 0 Å². The van der Waals surface area contributed by atoms with E-state index in [2.05, 4.69) is 0 Å². The quantitative estimate of drug-likeness (QED) is 0.896. The van der Waals surface area contributed by atoms with Crippen molar-refractivity contribution in [3.8, 4) is 5.75 Å². The summed E-state index contributed by atoms with van der Waals surface area (Å²) in [6.07, 6.45) is -0.0369. The Balaban J connectivity index is 1.94. The lowest BCUT2D eigenvalue weighted by Gasteiger charge is -2.34. The molecule has 1 aliphatic heterocycles. The van der Waals surface area contributed by atoms with Gasteiger partial charge in [0.1, 0.15) is 5.75 Å². The van der Waals surface area contributed by atoms with Gasteiger partial charge in [-0.3, -0.25) is 9.59 Å². The normalized spacial score (nSPS) is 18.3. The summed E-state index contributed by atoms with van der Waals surface area (Å²) >= 11 is 7.62. The number of thioether (sulfide) groups is 1.